The second kappa shape index (κ2) is 11.8. The number of aromatic nitrogens is 1. The predicted octanol–water partition coefficient (Wildman–Crippen LogP) is 5.94. The van der Waals surface area contributed by atoms with E-state index in [0.717, 1.165) is 94.5 Å². The van der Waals surface area contributed by atoms with E-state index in [0.29, 0.717) is 5.03 Å². The molecule has 0 aromatic carbocycles. The van der Waals surface area contributed by atoms with Crippen molar-refractivity contribution in [2.75, 3.05) is 38.5 Å². The van der Waals surface area contributed by atoms with Crippen molar-refractivity contribution >= 4 is 11.8 Å². The Morgan fingerprint density at radius 3 is 2.53 bits per heavy atom. The van der Waals surface area contributed by atoms with Crippen LogP contribution in [-0.4, -0.2) is 53.3 Å². The van der Waals surface area contributed by atoms with Gasteiger partial charge in [0.25, 0.3) is 0 Å². The van der Waals surface area contributed by atoms with Crippen molar-refractivity contribution in [2.24, 2.45) is 0 Å². The zero-order chi connectivity index (χ0) is 23.8. The summed E-state index contributed by atoms with van der Waals surface area (Å²) in [5.74, 6) is 2.45. The first-order chi connectivity index (χ1) is 16.5. The van der Waals surface area contributed by atoms with Gasteiger partial charge < -0.3 is 14.4 Å². The molecular formula is C25H30F3N3O2S. The summed E-state index contributed by atoms with van der Waals surface area (Å²) in [7, 11) is 0. The third-order valence-electron chi connectivity index (χ3n) is 5.99. The number of nitrogens with zero attached hydrogens (tertiary/aromatic N) is 3. The first-order valence-corrected chi connectivity index (χ1v) is 12.7. The number of hydrogen-bond acceptors (Lipinski definition) is 6. The average Bonchev–Trinajstić information content (AvgIpc) is 2.85. The molecule has 0 saturated carbocycles. The Morgan fingerprint density at radius 2 is 1.88 bits per heavy atom. The first kappa shape index (κ1) is 24.7. The van der Waals surface area contributed by atoms with E-state index in [1.165, 1.54) is 23.4 Å². The van der Waals surface area contributed by atoms with Crippen LogP contribution in [0.1, 0.15) is 37.7 Å². The molecule has 0 N–H and O–H groups in total. The highest BCUT2D eigenvalue weighted by molar-refractivity contribution is 7.99. The Balaban J connectivity index is 1.08. The largest absolute Gasteiger partial charge is 0.460 e. The Hall–Kier alpha value is -2.39. The zero-order valence-electron chi connectivity index (χ0n) is 19.1. The SMILES string of the molecule is FC(F)(F)c1ccc(SCCCCN2CCN(C3=COC(CC4=CC=CCC4)=CO3)CC2)nc1. The van der Waals surface area contributed by atoms with Crippen molar-refractivity contribution in [1.29, 1.82) is 0 Å². The molecule has 3 heterocycles. The Morgan fingerprint density at radius 1 is 1.03 bits per heavy atom. The smallest absolute Gasteiger partial charge is 0.417 e. The lowest BCUT2D eigenvalue weighted by atomic mass is 10.0. The summed E-state index contributed by atoms with van der Waals surface area (Å²) >= 11 is 1.50. The van der Waals surface area contributed by atoms with Crippen LogP contribution in [0.4, 0.5) is 13.2 Å². The summed E-state index contributed by atoms with van der Waals surface area (Å²) in [6.45, 7) is 4.71. The number of halogens is 3. The number of piperazine rings is 1. The highest BCUT2D eigenvalue weighted by atomic mass is 32.2. The van der Waals surface area contributed by atoms with Gasteiger partial charge in [-0.25, -0.2) is 4.98 Å². The van der Waals surface area contributed by atoms with Crippen LogP contribution in [0.15, 0.2) is 71.3 Å². The second-order valence-electron chi connectivity index (χ2n) is 8.51. The van der Waals surface area contributed by atoms with E-state index >= 15 is 0 Å². The molecule has 4 rings (SSSR count). The second-order valence-corrected chi connectivity index (χ2v) is 9.63. The summed E-state index contributed by atoms with van der Waals surface area (Å²) in [4.78, 5) is 8.55. The Bertz CT molecular complexity index is 934. The highest BCUT2D eigenvalue weighted by Crippen LogP contribution is 2.30. The van der Waals surface area contributed by atoms with Crippen LogP contribution >= 0.6 is 11.8 Å². The van der Waals surface area contributed by atoms with Gasteiger partial charge in [-0.2, -0.15) is 13.2 Å². The quantitative estimate of drug-likeness (QED) is 0.313. The highest BCUT2D eigenvalue weighted by Gasteiger charge is 2.30. The maximum atomic E-state index is 12.6. The van der Waals surface area contributed by atoms with E-state index in [-0.39, 0.29) is 0 Å². The molecule has 0 bridgehead atoms. The molecular weight excluding hydrogens is 463 g/mol. The van der Waals surface area contributed by atoms with E-state index in [4.69, 9.17) is 9.47 Å². The van der Waals surface area contributed by atoms with E-state index in [1.807, 2.05) is 0 Å². The summed E-state index contributed by atoms with van der Waals surface area (Å²) < 4.78 is 49.5. The summed E-state index contributed by atoms with van der Waals surface area (Å²) in [5.41, 5.74) is 0.653. The fourth-order valence-electron chi connectivity index (χ4n) is 4.00. The lowest BCUT2D eigenvalue weighted by molar-refractivity contribution is -0.137. The van der Waals surface area contributed by atoms with Crippen LogP contribution in [0.2, 0.25) is 0 Å². The number of ether oxygens (including phenoxy) is 2. The van der Waals surface area contributed by atoms with Crippen molar-refractivity contribution in [1.82, 2.24) is 14.8 Å². The Labute approximate surface area is 203 Å². The van der Waals surface area contributed by atoms with Crippen LogP contribution in [0, 0.1) is 0 Å². The summed E-state index contributed by atoms with van der Waals surface area (Å²) in [5, 5.41) is 0.633. The molecule has 34 heavy (non-hydrogen) atoms. The summed E-state index contributed by atoms with van der Waals surface area (Å²) in [6, 6.07) is 2.54. The third kappa shape index (κ3) is 7.30. The molecule has 184 valence electrons. The van der Waals surface area contributed by atoms with Crippen LogP contribution in [-0.2, 0) is 15.7 Å². The van der Waals surface area contributed by atoms with Crippen molar-refractivity contribution in [3.63, 3.8) is 0 Å². The lowest BCUT2D eigenvalue weighted by Crippen LogP contribution is -2.46. The molecule has 2 aliphatic heterocycles. The average molecular weight is 494 g/mol. The molecule has 1 aromatic rings. The van der Waals surface area contributed by atoms with Gasteiger partial charge in [-0.05, 0) is 50.1 Å². The fourth-order valence-corrected chi connectivity index (χ4v) is 4.85. The molecule has 5 nitrogen and oxygen atoms in total. The van der Waals surface area contributed by atoms with E-state index in [1.54, 1.807) is 12.5 Å². The van der Waals surface area contributed by atoms with Crippen LogP contribution in [0.3, 0.4) is 0 Å². The van der Waals surface area contributed by atoms with E-state index in [9.17, 15) is 13.2 Å². The molecule has 1 saturated heterocycles. The first-order valence-electron chi connectivity index (χ1n) is 11.7. The summed E-state index contributed by atoms with van der Waals surface area (Å²) in [6.07, 6.45) is 11.4. The predicted molar refractivity (Wildman–Crippen MR) is 127 cm³/mol. The van der Waals surface area contributed by atoms with Crippen LogP contribution in [0.5, 0.6) is 0 Å². The van der Waals surface area contributed by atoms with Gasteiger partial charge in [-0.15, -0.1) is 11.8 Å². The standard InChI is InChI=1S/C25H30F3N3O2S/c26-25(27,28)21-8-9-23(29-17-21)34-15-5-4-10-30-11-13-31(14-12-30)24-19-32-22(18-33-24)16-20-6-2-1-3-7-20/h1-2,6,8-9,17-19H,3-5,7,10-16H2. The molecule has 3 aliphatic rings. The number of rotatable bonds is 9. The molecule has 1 aliphatic carbocycles. The van der Waals surface area contributed by atoms with Gasteiger partial charge in [0.15, 0.2) is 6.26 Å². The van der Waals surface area contributed by atoms with Gasteiger partial charge in [-0.1, -0.05) is 23.8 Å². The van der Waals surface area contributed by atoms with Gasteiger partial charge in [0, 0.05) is 38.8 Å². The molecule has 0 radical (unpaired) electrons. The molecule has 9 heteroatoms. The van der Waals surface area contributed by atoms with Crippen molar-refractivity contribution in [3.8, 4) is 0 Å². The monoisotopic (exact) mass is 493 g/mol. The minimum atomic E-state index is -4.34. The molecule has 0 atom stereocenters. The molecule has 0 spiro atoms. The minimum absolute atomic E-state index is 0.633. The molecule has 1 fully saturated rings. The number of allylic oxidation sites excluding steroid dienone is 4. The Kier molecular flexibility index (Phi) is 8.61. The minimum Gasteiger partial charge on any atom is -0.460 e. The number of hydrogen-bond donors (Lipinski definition) is 0. The van der Waals surface area contributed by atoms with Gasteiger partial charge in [-0.3, -0.25) is 4.90 Å². The van der Waals surface area contributed by atoms with Crippen LogP contribution in [0.25, 0.3) is 0 Å². The third-order valence-corrected chi connectivity index (χ3v) is 7.02. The fraction of sp³-hybridized carbons (Fsp3) is 0.480. The maximum absolute atomic E-state index is 12.6. The number of alkyl halides is 3. The van der Waals surface area contributed by atoms with Crippen LogP contribution < -0.4 is 0 Å². The van der Waals surface area contributed by atoms with Crippen molar-refractivity contribution in [3.05, 3.63) is 71.9 Å². The normalized spacial score (nSPS) is 19.1. The molecule has 0 amide bonds. The number of pyridine rings is 1. The zero-order valence-corrected chi connectivity index (χ0v) is 19.9. The van der Waals surface area contributed by atoms with Crippen molar-refractivity contribution in [2.45, 2.75) is 43.3 Å². The maximum Gasteiger partial charge on any atom is 0.417 e. The van der Waals surface area contributed by atoms with Gasteiger partial charge in [0.1, 0.15) is 12.0 Å². The number of thioether (sulfide) groups is 1. The topological polar surface area (TPSA) is 37.8 Å². The molecule has 1 aromatic heterocycles. The van der Waals surface area contributed by atoms with E-state index in [2.05, 4.69) is 33.0 Å². The number of unbranched alkanes of at least 4 members (excludes halogenated alkanes) is 1. The lowest BCUT2D eigenvalue weighted by Gasteiger charge is -2.36. The van der Waals surface area contributed by atoms with E-state index < -0.39 is 11.7 Å². The van der Waals surface area contributed by atoms with Gasteiger partial charge >= 0.3 is 6.18 Å². The van der Waals surface area contributed by atoms with Crippen molar-refractivity contribution < 1.29 is 22.6 Å². The molecule has 0 unspecified atom stereocenters. The van der Waals surface area contributed by atoms with Gasteiger partial charge in [0.2, 0.25) is 5.88 Å². The van der Waals surface area contributed by atoms with Gasteiger partial charge in [0.05, 0.1) is 10.6 Å².